The molecule has 0 saturated heterocycles. The highest BCUT2D eigenvalue weighted by Crippen LogP contribution is 2.51. The topological polar surface area (TPSA) is 6.48 Å². The fourth-order valence-corrected chi connectivity index (χ4v) is 9.11. The van der Waals surface area contributed by atoms with Crippen LogP contribution in [-0.2, 0) is 0 Å². The van der Waals surface area contributed by atoms with Crippen LogP contribution in [0.2, 0.25) is 5.02 Å². The van der Waals surface area contributed by atoms with Crippen molar-refractivity contribution in [1.82, 2.24) is 0 Å². The molecule has 0 fully saturated rings. The third kappa shape index (κ3) is 8.31. The van der Waals surface area contributed by atoms with E-state index in [4.69, 9.17) is 11.6 Å². The van der Waals surface area contributed by atoms with Crippen molar-refractivity contribution in [2.75, 3.05) is 9.80 Å². The summed E-state index contributed by atoms with van der Waals surface area (Å²) in [6.07, 6.45) is 0. The second-order valence-corrected chi connectivity index (χ2v) is 17.1. The maximum absolute atomic E-state index is 7.42. The summed E-state index contributed by atoms with van der Waals surface area (Å²) in [5.74, 6) is 0. The van der Waals surface area contributed by atoms with E-state index in [1.807, 2.05) is 0 Å². The van der Waals surface area contributed by atoms with Crippen LogP contribution in [0.5, 0.6) is 0 Å². The van der Waals surface area contributed by atoms with E-state index in [0.717, 1.165) is 85.8 Å². The monoisotopic (exact) mass is 1000 g/mol. The minimum Gasteiger partial charge on any atom is -0.309 e. The Morgan fingerprint density at radius 2 is 0.593 bits per heavy atom. The van der Waals surface area contributed by atoms with Crippen LogP contribution in [0.4, 0.5) is 34.1 Å². The number of anilines is 6. The van der Waals surface area contributed by atoms with Gasteiger partial charge in [-0.1, -0.05) is 181 Å². The SMILES string of the molecule is Clc1cc(N(c2cccc(I)c2)c2c(-c3ccccc3)cccc2-c2ccccc2)cc(N(c2cccc(I)c2)c2c(-c3ccccc3)cccc2-c2ccccc2)c1. The summed E-state index contributed by atoms with van der Waals surface area (Å²) >= 11 is 12.3. The van der Waals surface area contributed by atoms with Crippen molar-refractivity contribution >= 4 is 90.9 Å². The van der Waals surface area contributed by atoms with E-state index in [1.165, 1.54) is 0 Å². The zero-order valence-electron chi connectivity index (χ0n) is 31.9. The van der Waals surface area contributed by atoms with E-state index in [0.29, 0.717) is 5.02 Å². The molecule has 0 radical (unpaired) electrons. The van der Waals surface area contributed by atoms with E-state index in [-0.39, 0.29) is 0 Å². The van der Waals surface area contributed by atoms with Crippen LogP contribution in [0.1, 0.15) is 0 Å². The predicted molar refractivity (Wildman–Crippen MR) is 268 cm³/mol. The van der Waals surface area contributed by atoms with Crippen molar-refractivity contribution in [3.63, 3.8) is 0 Å². The summed E-state index contributed by atoms with van der Waals surface area (Å²) < 4.78 is 2.27. The lowest BCUT2D eigenvalue weighted by atomic mass is 9.93. The van der Waals surface area contributed by atoms with Crippen molar-refractivity contribution in [1.29, 1.82) is 0 Å². The van der Waals surface area contributed by atoms with Gasteiger partial charge in [0.25, 0.3) is 0 Å². The number of rotatable bonds is 10. The zero-order valence-corrected chi connectivity index (χ0v) is 37.0. The average Bonchev–Trinajstić information content (AvgIpc) is 3.28. The third-order valence-electron chi connectivity index (χ3n) is 10.4. The van der Waals surface area contributed by atoms with Crippen LogP contribution in [-0.4, -0.2) is 0 Å². The molecule has 0 unspecified atom stereocenters. The molecule has 2 nitrogen and oxygen atoms in total. The molecule has 284 valence electrons. The summed E-state index contributed by atoms with van der Waals surface area (Å²) in [4.78, 5) is 4.77. The Kier molecular flexibility index (Phi) is 11.6. The highest BCUT2D eigenvalue weighted by atomic mass is 127. The van der Waals surface area contributed by atoms with Gasteiger partial charge >= 0.3 is 0 Å². The lowest BCUT2D eigenvalue weighted by Gasteiger charge is -2.34. The van der Waals surface area contributed by atoms with Crippen LogP contribution in [0.15, 0.2) is 224 Å². The molecule has 0 aliphatic carbocycles. The maximum atomic E-state index is 7.42. The third-order valence-corrected chi connectivity index (χ3v) is 11.9. The van der Waals surface area contributed by atoms with E-state index in [2.05, 4.69) is 279 Å². The molecule has 0 aliphatic heterocycles. The molecule has 9 aromatic carbocycles. The molecule has 9 rings (SSSR count). The number of hydrogen-bond acceptors (Lipinski definition) is 2. The van der Waals surface area contributed by atoms with Gasteiger partial charge in [-0.25, -0.2) is 0 Å². The van der Waals surface area contributed by atoms with Crippen LogP contribution >= 0.6 is 56.8 Å². The van der Waals surface area contributed by atoms with Crippen LogP contribution in [0.3, 0.4) is 0 Å². The molecule has 0 N–H and O–H groups in total. The van der Waals surface area contributed by atoms with Crippen molar-refractivity contribution in [2.45, 2.75) is 0 Å². The van der Waals surface area contributed by atoms with E-state index < -0.39 is 0 Å². The van der Waals surface area contributed by atoms with Gasteiger partial charge in [-0.3, -0.25) is 0 Å². The summed E-state index contributed by atoms with van der Waals surface area (Å²) in [7, 11) is 0. The Bertz CT molecular complexity index is 2560. The van der Waals surface area contributed by atoms with Gasteiger partial charge in [0.15, 0.2) is 0 Å². The first-order valence-electron chi connectivity index (χ1n) is 19.4. The molecule has 9 aromatic rings. The second-order valence-electron chi connectivity index (χ2n) is 14.2. The molecule has 0 aliphatic rings. The molecule has 5 heteroatoms. The first-order chi connectivity index (χ1) is 29.0. The molecule has 0 aromatic heterocycles. The highest BCUT2D eigenvalue weighted by Gasteiger charge is 2.26. The Morgan fingerprint density at radius 1 is 0.288 bits per heavy atom. The van der Waals surface area contributed by atoms with Crippen LogP contribution in [0, 0.1) is 7.14 Å². The number of hydrogen-bond donors (Lipinski definition) is 0. The quantitative estimate of drug-likeness (QED) is 0.126. The minimum absolute atomic E-state index is 0.626. The second kappa shape index (κ2) is 17.7. The van der Waals surface area contributed by atoms with Gasteiger partial charge in [0.2, 0.25) is 0 Å². The highest BCUT2D eigenvalue weighted by molar-refractivity contribution is 14.1. The Morgan fingerprint density at radius 3 is 0.898 bits per heavy atom. The van der Waals surface area contributed by atoms with Crippen molar-refractivity contribution in [3.05, 3.63) is 237 Å². The number of benzene rings is 9. The number of para-hydroxylation sites is 2. The smallest absolute Gasteiger partial charge is 0.0618 e. The number of nitrogens with zero attached hydrogens (tertiary/aromatic N) is 2. The first-order valence-corrected chi connectivity index (χ1v) is 21.9. The molecular weight excluding hydrogens is 966 g/mol. The van der Waals surface area contributed by atoms with Crippen LogP contribution < -0.4 is 9.80 Å². The molecule has 0 saturated carbocycles. The Hall–Kier alpha value is -5.67. The van der Waals surface area contributed by atoms with E-state index in [1.54, 1.807) is 0 Å². The van der Waals surface area contributed by atoms with Gasteiger partial charge in [-0.05, 0) is 122 Å². The summed E-state index contributed by atoms with van der Waals surface area (Å²) in [6.45, 7) is 0. The lowest BCUT2D eigenvalue weighted by molar-refractivity contribution is 1.25. The lowest BCUT2D eigenvalue weighted by Crippen LogP contribution is -2.16. The largest absolute Gasteiger partial charge is 0.309 e. The summed E-state index contributed by atoms with van der Waals surface area (Å²) in [6, 6.07) is 79.7. The zero-order chi connectivity index (χ0) is 40.1. The molecule has 0 heterocycles. The molecule has 0 spiro atoms. The average molecular weight is 1000 g/mol. The minimum atomic E-state index is 0.626. The Labute approximate surface area is 378 Å². The Balaban J connectivity index is 1.36. The maximum Gasteiger partial charge on any atom is 0.0618 e. The standard InChI is InChI=1S/C54H37ClI2N2/c55-42-33-47(58(45-27-13-25-43(56)35-45)53-49(38-17-5-1-6-18-38)29-15-30-50(53)39-19-7-2-8-20-39)37-48(34-42)59(46-28-14-26-44(57)36-46)54-51(40-21-9-3-10-22-40)31-16-32-52(54)41-23-11-4-12-24-41/h1-37H. The van der Waals surface area contributed by atoms with Crippen molar-refractivity contribution in [3.8, 4) is 44.5 Å². The van der Waals surface area contributed by atoms with Gasteiger partial charge in [0.1, 0.15) is 0 Å². The van der Waals surface area contributed by atoms with Crippen molar-refractivity contribution in [2.24, 2.45) is 0 Å². The van der Waals surface area contributed by atoms with Gasteiger partial charge < -0.3 is 9.80 Å². The molecule has 0 bridgehead atoms. The van der Waals surface area contributed by atoms with Gasteiger partial charge in [0, 0.05) is 57.2 Å². The van der Waals surface area contributed by atoms with Crippen molar-refractivity contribution < 1.29 is 0 Å². The first kappa shape index (κ1) is 38.8. The molecular formula is C54H37ClI2N2. The molecule has 59 heavy (non-hydrogen) atoms. The van der Waals surface area contributed by atoms with E-state index in [9.17, 15) is 0 Å². The summed E-state index contributed by atoms with van der Waals surface area (Å²) in [5, 5.41) is 0.626. The molecule has 0 amide bonds. The van der Waals surface area contributed by atoms with Gasteiger partial charge in [-0.2, -0.15) is 0 Å². The van der Waals surface area contributed by atoms with Gasteiger partial charge in [0.05, 0.1) is 11.4 Å². The molecule has 0 atom stereocenters. The van der Waals surface area contributed by atoms with Crippen LogP contribution in [0.25, 0.3) is 44.5 Å². The van der Waals surface area contributed by atoms with Gasteiger partial charge in [-0.15, -0.1) is 0 Å². The predicted octanol–water partition coefficient (Wildman–Crippen LogP) is 17.2. The van der Waals surface area contributed by atoms with E-state index >= 15 is 0 Å². The normalized spacial score (nSPS) is 11.0. The fraction of sp³-hybridized carbons (Fsp3) is 0. The number of halogens is 3. The summed E-state index contributed by atoms with van der Waals surface area (Å²) in [5.41, 5.74) is 15.0. The fourth-order valence-electron chi connectivity index (χ4n) is 7.83.